The van der Waals surface area contributed by atoms with E-state index < -0.39 is 12.0 Å². The quantitative estimate of drug-likeness (QED) is 0.457. The van der Waals surface area contributed by atoms with Gasteiger partial charge in [-0.25, -0.2) is 9.36 Å². The van der Waals surface area contributed by atoms with Crippen molar-refractivity contribution < 1.29 is 19.3 Å². The number of carbonyl (C=O) groups excluding carboxylic acids is 1. The number of unbranched alkanes of at least 4 members (excludes halogenated alkanes) is 2. The summed E-state index contributed by atoms with van der Waals surface area (Å²) in [5, 5.41) is 11.9. The first-order valence-electron chi connectivity index (χ1n) is 8.23. The van der Waals surface area contributed by atoms with Crippen molar-refractivity contribution in [3.63, 3.8) is 0 Å². The zero-order valence-corrected chi connectivity index (χ0v) is 13.6. The molecule has 0 spiro atoms. The molecule has 0 aliphatic heterocycles. The van der Waals surface area contributed by atoms with Crippen LogP contribution >= 0.6 is 0 Å². The fourth-order valence-corrected chi connectivity index (χ4v) is 2.53. The second-order valence-corrected chi connectivity index (χ2v) is 5.81. The van der Waals surface area contributed by atoms with Crippen molar-refractivity contribution in [1.82, 2.24) is 10.3 Å². The van der Waals surface area contributed by atoms with E-state index in [0.29, 0.717) is 12.8 Å². The number of aromatic nitrogens is 2. The number of nitrogens with zero attached hydrogens (tertiary/aromatic N) is 1. The van der Waals surface area contributed by atoms with Crippen LogP contribution in [0.2, 0.25) is 0 Å². The van der Waals surface area contributed by atoms with E-state index in [1.165, 1.54) is 0 Å². The number of hydrogen-bond acceptors (Lipinski definition) is 2. The maximum absolute atomic E-state index is 12.0. The number of benzene rings is 1. The molecule has 1 aromatic carbocycles. The van der Waals surface area contributed by atoms with E-state index in [-0.39, 0.29) is 5.91 Å². The highest BCUT2D eigenvalue weighted by atomic mass is 16.4. The Morgan fingerprint density at radius 1 is 1.17 bits per heavy atom. The largest absolute Gasteiger partial charge is 0.480 e. The Labute approximate surface area is 141 Å². The van der Waals surface area contributed by atoms with E-state index in [2.05, 4.69) is 14.9 Å². The minimum atomic E-state index is -1.00. The highest BCUT2D eigenvalue weighted by molar-refractivity contribution is 5.83. The van der Waals surface area contributed by atoms with Crippen LogP contribution in [0.1, 0.15) is 31.2 Å². The fourth-order valence-electron chi connectivity index (χ4n) is 2.53. The lowest BCUT2D eigenvalue weighted by molar-refractivity contribution is -0.696. The molecule has 0 saturated heterocycles. The first-order chi connectivity index (χ1) is 11.6. The molecule has 0 fully saturated rings. The molecule has 0 unspecified atom stereocenters. The molecular weight excluding hydrogens is 306 g/mol. The lowest BCUT2D eigenvalue weighted by Gasteiger charge is -2.14. The van der Waals surface area contributed by atoms with Gasteiger partial charge in [0.1, 0.15) is 18.4 Å². The van der Waals surface area contributed by atoms with Crippen LogP contribution in [0.25, 0.3) is 0 Å². The monoisotopic (exact) mass is 330 g/mol. The molecule has 0 saturated carbocycles. The summed E-state index contributed by atoms with van der Waals surface area (Å²) in [7, 11) is 0. The lowest BCUT2D eigenvalue weighted by atomic mass is 10.1. The summed E-state index contributed by atoms with van der Waals surface area (Å²) in [5.41, 5.74) is 0.897. The van der Waals surface area contributed by atoms with Gasteiger partial charge in [0.15, 0.2) is 0 Å². The molecule has 24 heavy (non-hydrogen) atoms. The van der Waals surface area contributed by atoms with Crippen molar-refractivity contribution in [3.8, 4) is 0 Å². The van der Waals surface area contributed by atoms with Gasteiger partial charge >= 0.3 is 5.97 Å². The number of amides is 1. The van der Waals surface area contributed by atoms with E-state index in [9.17, 15) is 14.7 Å². The van der Waals surface area contributed by atoms with E-state index in [4.69, 9.17) is 0 Å². The Kier molecular flexibility index (Phi) is 7.01. The van der Waals surface area contributed by atoms with Gasteiger partial charge < -0.3 is 10.4 Å². The third-order valence-corrected chi connectivity index (χ3v) is 3.84. The SMILES string of the molecule is O=C(CCCCC[n+]1cc[nH]c1)N[C@@H](Cc1ccccc1)C(=O)O. The van der Waals surface area contributed by atoms with Gasteiger partial charge in [-0.2, -0.15) is 0 Å². The van der Waals surface area contributed by atoms with Crippen LogP contribution in [0.5, 0.6) is 0 Å². The average Bonchev–Trinajstić information content (AvgIpc) is 3.08. The van der Waals surface area contributed by atoms with Crippen LogP contribution < -0.4 is 9.88 Å². The predicted molar refractivity (Wildman–Crippen MR) is 89.2 cm³/mol. The summed E-state index contributed by atoms with van der Waals surface area (Å²) < 4.78 is 2.06. The molecule has 0 bridgehead atoms. The molecule has 2 rings (SSSR count). The minimum absolute atomic E-state index is 0.201. The number of carboxylic acids is 1. The van der Waals surface area contributed by atoms with Crippen LogP contribution in [0, 0.1) is 0 Å². The summed E-state index contributed by atoms with van der Waals surface area (Å²) >= 11 is 0. The molecule has 0 aliphatic rings. The second kappa shape index (κ2) is 9.50. The summed E-state index contributed by atoms with van der Waals surface area (Å²) in [6, 6.07) is 8.44. The van der Waals surface area contributed by atoms with Gasteiger partial charge in [-0.3, -0.25) is 9.78 Å². The standard InChI is InChI=1S/C18H23N3O3/c22-17(9-5-2-6-11-21-12-10-19-14-21)20-16(18(23)24)13-15-7-3-1-4-8-15/h1,3-4,7-8,10,12,14,16H,2,5-6,9,11,13H2,(H2,20,22,23,24)/p+1/t16-/m0/s1. The Morgan fingerprint density at radius 2 is 1.96 bits per heavy atom. The van der Waals surface area contributed by atoms with Crippen molar-refractivity contribution in [2.75, 3.05) is 0 Å². The van der Waals surface area contributed by atoms with E-state index in [1.807, 2.05) is 49.1 Å². The summed E-state index contributed by atoms with van der Waals surface area (Å²) in [4.78, 5) is 26.3. The Hall–Kier alpha value is -2.63. The number of carboxylic acid groups (broad SMARTS) is 1. The molecule has 1 amide bonds. The van der Waals surface area contributed by atoms with E-state index in [0.717, 1.165) is 31.4 Å². The molecule has 2 aromatic rings. The van der Waals surface area contributed by atoms with Crippen LogP contribution in [-0.4, -0.2) is 28.0 Å². The summed E-state index contributed by atoms with van der Waals surface area (Å²) in [5.74, 6) is -1.20. The smallest absolute Gasteiger partial charge is 0.326 e. The second-order valence-electron chi connectivity index (χ2n) is 5.81. The van der Waals surface area contributed by atoms with Crippen molar-refractivity contribution in [2.24, 2.45) is 0 Å². The maximum atomic E-state index is 12.0. The molecular formula is C18H24N3O3+. The Balaban J connectivity index is 1.67. The van der Waals surface area contributed by atoms with Crippen LogP contribution in [0.3, 0.4) is 0 Å². The zero-order valence-electron chi connectivity index (χ0n) is 13.6. The van der Waals surface area contributed by atoms with Crippen LogP contribution in [0.15, 0.2) is 49.1 Å². The Bertz CT molecular complexity index is 626. The number of H-pyrrole nitrogens is 1. The van der Waals surface area contributed by atoms with Gasteiger partial charge in [-0.05, 0) is 24.8 Å². The Morgan fingerprint density at radius 3 is 2.62 bits per heavy atom. The molecule has 1 aromatic heterocycles. The predicted octanol–water partition coefficient (Wildman–Crippen LogP) is 1.67. The minimum Gasteiger partial charge on any atom is -0.480 e. The molecule has 1 atom stereocenters. The molecule has 3 N–H and O–H groups in total. The molecule has 128 valence electrons. The molecule has 1 heterocycles. The van der Waals surface area contributed by atoms with Crippen molar-refractivity contribution >= 4 is 11.9 Å². The maximum Gasteiger partial charge on any atom is 0.326 e. The van der Waals surface area contributed by atoms with Crippen molar-refractivity contribution in [2.45, 2.75) is 44.7 Å². The number of rotatable bonds is 10. The number of aryl methyl sites for hydroxylation is 1. The third-order valence-electron chi connectivity index (χ3n) is 3.84. The molecule has 6 nitrogen and oxygen atoms in total. The number of aliphatic carboxylic acids is 1. The molecule has 0 radical (unpaired) electrons. The molecule has 6 heteroatoms. The van der Waals surface area contributed by atoms with Gasteiger partial charge in [0.2, 0.25) is 12.2 Å². The number of nitrogens with one attached hydrogen (secondary N) is 2. The number of imidazole rings is 1. The van der Waals surface area contributed by atoms with E-state index in [1.54, 1.807) is 0 Å². The molecule has 0 aliphatic carbocycles. The summed E-state index contributed by atoms with van der Waals surface area (Å²) in [6.07, 6.45) is 9.06. The van der Waals surface area contributed by atoms with Gasteiger partial charge in [0.25, 0.3) is 0 Å². The highest BCUT2D eigenvalue weighted by Gasteiger charge is 2.19. The lowest BCUT2D eigenvalue weighted by Crippen LogP contribution is -2.42. The first-order valence-corrected chi connectivity index (χ1v) is 8.23. The van der Waals surface area contributed by atoms with Crippen LogP contribution in [-0.2, 0) is 22.6 Å². The van der Waals surface area contributed by atoms with E-state index >= 15 is 0 Å². The fraction of sp³-hybridized carbons (Fsp3) is 0.389. The number of aromatic amines is 1. The van der Waals surface area contributed by atoms with Gasteiger partial charge in [0, 0.05) is 12.8 Å². The number of hydrogen-bond donors (Lipinski definition) is 3. The van der Waals surface area contributed by atoms with Crippen LogP contribution in [0.4, 0.5) is 0 Å². The van der Waals surface area contributed by atoms with Gasteiger partial charge in [0.05, 0.1) is 6.54 Å². The van der Waals surface area contributed by atoms with Gasteiger partial charge in [-0.1, -0.05) is 30.3 Å². The highest BCUT2D eigenvalue weighted by Crippen LogP contribution is 2.05. The number of carbonyl (C=O) groups is 2. The van der Waals surface area contributed by atoms with Gasteiger partial charge in [-0.15, -0.1) is 0 Å². The first kappa shape index (κ1) is 17.7. The summed E-state index contributed by atoms with van der Waals surface area (Å²) in [6.45, 7) is 0.914. The topological polar surface area (TPSA) is 86.1 Å². The van der Waals surface area contributed by atoms with Crippen molar-refractivity contribution in [3.05, 3.63) is 54.6 Å². The normalized spacial score (nSPS) is 11.8. The average molecular weight is 330 g/mol. The third kappa shape index (κ3) is 6.24. The zero-order chi connectivity index (χ0) is 17.2. The van der Waals surface area contributed by atoms with Crippen molar-refractivity contribution in [1.29, 1.82) is 0 Å².